The number of aromatic carboxylic acids is 1. The van der Waals surface area contributed by atoms with E-state index in [1.165, 1.54) is 12.3 Å². The van der Waals surface area contributed by atoms with Crippen LogP contribution in [0.2, 0.25) is 0 Å². The lowest BCUT2D eigenvalue weighted by molar-refractivity contribution is 0.0691. The average molecular weight is 284 g/mol. The molecular weight excluding hydrogens is 268 g/mol. The van der Waals surface area contributed by atoms with Gasteiger partial charge < -0.3 is 10.4 Å². The van der Waals surface area contributed by atoms with Crippen LogP contribution in [0.4, 0.5) is 5.69 Å². The molecule has 0 atom stereocenters. The van der Waals surface area contributed by atoms with Crippen molar-refractivity contribution in [2.24, 2.45) is 0 Å². The molecule has 0 saturated carbocycles. The van der Waals surface area contributed by atoms with Gasteiger partial charge in [-0.15, -0.1) is 0 Å². The van der Waals surface area contributed by atoms with Crippen molar-refractivity contribution >= 4 is 17.6 Å². The smallest absolute Gasteiger partial charge is 0.356 e. The van der Waals surface area contributed by atoms with Crippen LogP contribution in [0.3, 0.4) is 0 Å². The lowest BCUT2D eigenvalue weighted by Crippen LogP contribution is -2.15. The summed E-state index contributed by atoms with van der Waals surface area (Å²) in [6.45, 7) is 4.15. The first-order valence-corrected chi connectivity index (χ1v) is 6.58. The monoisotopic (exact) mass is 284 g/mol. The highest BCUT2D eigenvalue weighted by Crippen LogP contribution is 2.17. The van der Waals surface area contributed by atoms with Crippen molar-refractivity contribution in [3.8, 4) is 0 Å². The maximum atomic E-state index is 12.1. The zero-order valence-electron chi connectivity index (χ0n) is 11.8. The van der Waals surface area contributed by atoms with Crippen LogP contribution in [0.15, 0.2) is 42.6 Å². The zero-order chi connectivity index (χ0) is 15.4. The minimum Gasteiger partial charge on any atom is -0.476 e. The van der Waals surface area contributed by atoms with E-state index in [-0.39, 0.29) is 17.3 Å². The van der Waals surface area contributed by atoms with Gasteiger partial charge >= 0.3 is 5.97 Å². The Hall–Kier alpha value is -2.69. The topological polar surface area (TPSA) is 79.3 Å². The predicted molar refractivity (Wildman–Crippen MR) is 79.7 cm³/mol. The number of carboxylic acids is 1. The maximum absolute atomic E-state index is 12.1. The molecule has 2 rings (SSSR count). The Morgan fingerprint density at radius 3 is 2.38 bits per heavy atom. The number of nitrogens with zero attached hydrogens (tertiary/aromatic N) is 1. The number of pyridine rings is 1. The van der Waals surface area contributed by atoms with Crippen molar-refractivity contribution in [2.45, 2.75) is 19.8 Å². The number of carboxylic acid groups (broad SMARTS) is 1. The summed E-state index contributed by atoms with van der Waals surface area (Å²) < 4.78 is 0. The number of carbonyl (C=O) groups excluding carboxylic acids is 1. The first-order valence-electron chi connectivity index (χ1n) is 6.58. The molecule has 0 spiro atoms. The molecule has 2 N–H and O–H groups in total. The number of aromatic nitrogens is 1. The second-order valence-corrected chi connectivity index (χ2v) is 4.94. The molecule has 108 valence electrons. The zero-order valence-corrected chi connectivity index (χ0v) is 11.8. The fourth-order valence-electron chi connectivity index (χ4n) is 1.89. The van der Waals surface area contributed by atoms with Gasteiger partial charge in [0, 0.05) is 11.8 Å². The summed E-state index contributed by atoms with van der Waals surface area (Å²) in [4.78, 5) is 26.9. The standard InChI is InChI=1S/C16H16N2O3/c1-10(2)11-5-7-12(8-6-11)15(19)18-13-4-3-9-17-14(13)16(20)21/h3-10H,1-2H3,(H,18,19)(H,20,21). The van der Waals surface area contributed by atoms with E-state index in [1.807, 2.05) is 12.1 Å². The summed E-state index contributed by atoms with van der Waals surface area (Å²) in [6, 6.07) is 10.3. The largest absolute Gasteiger partial charge is 0.476 e. The third kappa shape index (κ3) is 3.45. The lowest BCUT2D eigenvalue weighted by Gasteiger charge is -2.09. The molecule has 5 nitrogen and oxygen atoms in total. The van der Waals surface area contributed by atoms with E-state index < -0.39 is 5.97 Å². The Morgan fingerprint density at radius 1 is 1.14 bits per heavy atom. The first kappa shape index (κ1) is 14.7. The molecule has 0 unspecified atom stereocenters. The average Bonchev–Trinajstić information content (AvgIpc) is 2.47. The second-order valence-electron chi connectivity index (χ2n) is 4.94. The number of rotatable bonds is 4. The van der Waals surface area contributed by atoms with Gasteiger partial charge in [-0.3, -0.25) is 4.79 Å². The van der Waals surface area contributed by atoms with Crippen molar-refractivity contribution < 1.29 is 14.7 Å². The first-order chi connectivity index (χ1) is 9.99. The fraction of sp³-hybridized carbons (Fsp3) is 0.188. The van der Waals surface area contributed by atoms with Gasteiger partial charge in [-0.25, -0.2) is 9.78 Å². The lowest BCUT2D eigenvalue weighted by atomic mass is 10.0. The van der Waals surface area contributed by atoms with E-state index >= 15 is 0 Å². The van der Waals surface area contributed by atoms with Crippen molar-refractivity contribution in [3.05, 3.63) is 59.4 Å². The molecule has 1 aromatic heterocycles. The van der Waals surface area contributed by atoms with Gasteiger partial charge in [-0.1, -0.05) is 26.0 Å². The summed E-state index contributed by atoms with van der Waals surface area (Å²) in [5.41, 5.74) is 1.62. The van der Waals surface area contributed by atoms with Crippen LogP contribution >= 0.6 is 0 Å². The molecule has 1 aromatic carbocycles. The molecule has 1 heterocycles. The molecule has 1 amide bonds. The quantitative estimate of drug-likeness (QED) is 0.903. The molecule has 0 radical (unpaired) electrons. The fourth-order valence-corrected chi connectivity index (χ4v) is 1.89. The summed E-state index contributed by atoms with van der Waals surface area (Å²) in [5, 5.41) is 11.6. The SMILES string of the molecule is CC(C)c1ccc(C(=O)Nc2cccnc2C(=O)O)cc1. The van der Waals surface area contributed by atoms with Gasteiger partial charge in [0.15, 0.2) is 5.69 Å². The number of carbonyl (C=O) groups is 2. The molecule has 0 aliphatic rings. The van der Waals surface area contributed by atoms with Crippen LogP contribution in [-0.2, 0) is 0 Å². The van der Waals surface area contributed by atoms with E-state index in [9.17, 15) is 9.59 Å². The molecule has 21 heavy (non-hydrogen) atoms. The van der Waals surface area contributed by atoms with E-state index in [0.29, 0.717) is 11.5 Å². The highest BCUT2D eigenvalue weighted by atomic mass is 16.4. The van der Waals surface area contributed by atoms with Gasteiger partial charge in [0.25, 0.3) is 5.91 Å². The van der Waals surface area contributed by atoms with E-state index in [4.69, 9.17) is 5.11 Å². The third-order valence-corrected chi connectivity index (χ3v) is 3.10. The summed E-state index contributed by atoms with van der Waals surface area (Å²) in [6.07, 6.45) is 1.37. The molecular formula is C16H16N2O3. The van der Waals surface area contributed by atoms with E-state index in [2.05, 4.69) is 24.1 Å². The molecule has 0 fully saturated rings. The highest BCUT2D eigenvalue weighted by molar-refractivity contribution is 6.07. The Balaban J connectivity index is 2.20. The highest BCUT2D eigenvalue weighted by Gasteiger charge is 2.14. The van der Waals surface area contributed by atoms with Gasteiger partial charge in [-0.05, 0) is 35.7 Å². The van der Waals surface area contributed by atoms with Gasteiger partial charge in [-0.2, -0.15) is 0 Å². The number of hydrogen-bond acceptors (Lipinski definition) is 3. The predicted octanol–water partition coefficient (Wildman–Crippen LogP) is 3.16. The number of nitrogens with one attached hydrogen (secondary N) is 1. The van der Waals surface area contributed by atoms with Crippen LogP contribution in [0, 0.1) is 0 Å². The van der Waals surface area contributed by atoms with Gasteiger partial charge in [0.1, 0.15) is 0 Å². The molecule has 5 heteroatoms. The van der Waals surface area contributed by atoms with Gasteiger partial charge in [0.2, 0.25) is 0 Å². The van der Waals surface area contributed by atoms with Crippen molar-refractivity contribution in [3.63, 3.8) is 0 Å². The Kier molecular flexibility index (Phi) is 4.33. The number of hydrogen-bond donors (Lipinski definition) is 2. The van der Waals surface area contributed by atoms with Gasteiger partial charge in [0.05, 0.1) is 5.69 Å². The number of anilines is 1. The number of benzene rings is 1. The summed E-state index contributed by atoms with van der Waals surface area (Å²) in [5.74, 6) is -1.15. The van der Waals surface area contributed by atoms with Crippen LogP contribution < -0.4 is 5.32 Å². The Bertz CT molecular complexity index is 663. The third-order valence-electron chi connectivity index (χ3n) is 3.10. The minimum atomic E-state index is -1.18. The van der Waals surface area contributed by atoms with Crippen molar-refractivity contribution in [1.82, 2.24) is 4.98 Å². The molecule has 0 saturated heterocycles. The number of amides is 1. The maximum Gasteiger partial charge on any atom is 0.356 e. The normalized spacial score (nSPS) is 10.4. The van der Waals surface area contributed by atoms with Crippen LogP contribution in [0.5, 0.6) is 0 Å². The second kappa shape index (κ2) is 6.17. The van der Waals surface area contributed by atoms with Crippen molar-refractivity contribution in [1.29, 1.82) is 0 Å². The van der Waals surface area contributed by atoms with E-state index in [0.717, 1.165) is 5.56 Å². The molecule has 2 aromatic rings. The van der Waals surface area contributed by atoms with Crippen LogP contribution in [-0.4, -0.2) is 22.0 Å². The molecule has 0 aliphatic heterocycles. The van der Waals surface area contributed by atoms with Crippen molar-refractivity contribution in [2.75, 3.05) is 5.32 Å². The van der Waals surface area contributed by atoms with E-state index in [1.54, 1.807) is 18.2 Å². The minimum absolute atomic E-state index is 0.176. The van der Waals surface area contributed by atoms with Crippen LogP contribution in [0.25, 0.3) is 0 Å². The Morgan fingerprint density at radius 2 is 1.81 bits per heavy atom. The summed E-state index contributed by atoms with van der Waals surface area (Å²) >= 11 is 0. The van der Waals surface area contributed by atoms with Crippen LogP contribution in [0.1, 0.15) is 46.2 Å². The summed E-state index contributed by atoms with van der Waals surface area (Å²) in [7, 11) is 0. The molecule has 0 aliphatic carbocycles. The Labute approximate surface area is 122 Å². The molecule has 0 bridgehead atoms.